The van der Waals surface area contributed by atoms with Gasteiger partial charge in [-0.15, -0.1) is 10.3 Å². The number of carbonyl (C=O) groups is 1. The first-order valence-electron chi connectivity index (χ1n) is 11.6. The van der Waals surface area contributed by atoms with E-state index >= 15 is 4.39 Å². The van der Waals surface area contributed by atoms with E-state index in [9.17, 15) is 13.1 Å². The number of hydrogen-bond acceptors (Lipinski definition) is 8. The van der Waals surface area contributed by atoms with Gasteiger partial charge >= 0.3 is 6.09 Å². The first-order chi connectivity index (χ1) is 18.0. The Morgan fingerprint density at radius 2 is 2.08 bits per heavy atom. The third-order valence-electron chi connectivity index (χ3n) is 5.83. The molecule has 12 heteroatoms. The predicted molar refractivity (Wildman–Crippen MR) is 143 cm³/mol. The quantitative estimate of drug-likeness (QED) is 0.288. The number of aliphatic imine (C=N–C) groups is 1. The van der Waals surface area contributed by atoms with Gasteiger partial charge in [-0.25, -0.2) is 23.5 Å². The van der Waals surface area contributed by atoms with E-state index < -0.39 is 29.4 Å². The Hall–Kier alpha value is -3.17. The molecule has 0 spiro atoms. The van der Waals surface area contributed by atoms with E-state index in [0.717, 1.165) is 4.31 Å². The van der Waals surface area contributed by atoms with Crippen LogP contribution in [0, 0.1) is 30.0 Å². The number of fused-ring (bicyclic) bond motifs is 1. The van der Waals surface area contributed by atoms with Crippen LogP contribution in [0.4, 0.5) is 17.5 Å². The second-order valence-corrected chi connectivity index (χ2v) is 11.4. The van der Waals surface area contributed by atoms with Crippen molar-refractivity contribution in [1.29, 1.82) is 0 Å². The van der Waals surface area contributed by atoms with Crippen LogP contribution >= 0.6 is 24.1 Å². The van der Waals surface area contributed by atoms with Gasteiger partial charge in [-0.3, -0.25) is 4.99 Å². The third kappa shape index (κ3) is 6.27. The molecule has 7 nitrogen and oxygen atoms in total. The molecule has 1 aromatic carbocycles. The number of halogens is 3. The second-order valence-electron chi connectivity index (χ2n) is 9.73. The number of ether oxygens (including phenoxy) is 2. The van der Waals surface area contributed by atoms with E-state index in [0.29, 0.717) is 5.56 Å². The smallest absolute Gasteiger partial charge is 0.428 e. The van der Waals surface area contributed by atoms with Crippen molar-refractivity contribution < 1.29 is 26.9 Å². The maximum Gasteiger partial charge on any atom is 0.428 e. The zero-order valence-electron chi connectivity index (χ0n) is 21.0. The first-order valence-corrected chi connectivity index (χ1v) is 13.2. The van der Waals surface area contributed by atoms with Crippen LogP contribution in [0.3, 0.4) is 0 Å². The molecule has 4 unspecified atom stereocenters. The molecule has 2 aromatic rings. The summed E-state index contributed by atoms with van der Waals surface area (Å²) in [4.78, 5) is 25.1. The van der Waals surface area contributed by atoms with Crippen molar-refractivity contribution >= 4 is 47.3 Å². The number of terminal acetylenes is 1. The highest BCUT2D eigenvalue weighted by molar-refractivity contribution is 8.15. The number of nitrogens with zero attached hydrogens (tertiary/aromatic N) is 4. The molecule has 4 atom stereocenters. The zero-order chi connectivity index (χ0) is 27.6. The predicted octanol–water partition coefficient (Wildman–Crippen LogP) is 6.64. The van der Waals surface area contributed by atoms with Crippen LogP contribution < -0.4 is 4.74 Å². The van der Waals surface area contributed by atoms with Gasteiger partial charge < -0.3 is 9.47 Å². The summed E-state index contributed by atoms with van der Waals surface area (Å²) in [6.07, 6.45) is 7.88. The Balaban J connectivity index is 1.62. The van der Waals surface area contributed by atoms with E-state index in [1.807, 2.05) is 6.92 Å². The van der Waals surface area contributed by atoms with Gasteiger partial charge in [0.1, 0.15) is 17.1 Å². The Labute approximate surface area is 227 Å². The number of carbonyl (C=O) groups excluding carboxylic acids is 1. The summed E-state index contributed by atoms with van der Waals surface area (Å²) in [6, 6.07) is 3.46. The van der Waals surface area contributed by atoms with Gasteiger partial charge in [-0.2, -0.15) is 4.31 Å². The van der Waals surface area contributed by atoms with E-state index in [2.05, 4.69) is 20.9 Å². The molecule has 0 radical (unpaired) electrons. The first kappa shape index (κ1) is 27.9. The summed E-state index contributed by atoms with van der Waals surface area (Å²) >= 11 is 0.947. The highest BCUT2D eigenvalue weighted by Gasteiger charge is 2.57. The van der Waals surface area contributed by atoms with E-state index in [1.165, 1.54) is 48.4 Å². The molecule has 1 aliphatic carbocycles. The Bertz CT molecular complexity index is 1310. The molecule has 0 bridgehead atoms. The molecule has 1 saturated carbocycles. The lowest BCUT2D eigenvalue weighted by atomic mass is 9.98. The van der Waals surface area contributed by atoms with E-state index in [-0.39, 0.29) is 58.3 Å². The SMILES string of the molecule is C#CCOc1cnc(/C(F)=C/c2ccc(F)c(C3N=C(N(SF)C(=O)OC(C)(C)C)SC4C(C)C34)c2)cn1. The van der Waals surface area contributed by atoms with Gasteiger partial charge in [-0.1, -0.05) is 30.7 Å². The topological polar surface area (TPSA) is 76.9 Å². The van der Waals surface area contributed by atoms with Crippen molar-refractivity contribution in [1.82, 2.24) is 14.3 Å². The second kappa shape index (κ2) is 11.3. The molecular formula is C26H25F3N4O3S2. The summed E-state index contributed by atoms with van der Waals surface area (Å²) in [5.74, 6) is 1.36. The van der Waals surface area contributed by atoms with Crippen molar-refractivity contribution in [3.63, 3.8) is 0 Å². The van der Waals surface area contributed by atoms with Crippen LogP contribution in [0.25, 0.3) is 11.9 Å². The van der Waals surface area contributed by atoms with Crippen molar-refractivity contribution in [3.8, 4) is 18.2 Å². The van der Waals surface area contributed by atoms with Crippen molar-refractivity contribution in [3.05, 3.63) is 53.2 Å². The minimum atomic E-state index is -0.905. The van der Waals surface area contributed by atoms with Crippen LogP contribution in [0.15, 0.2) is 35.6 Å². The Morgan fingerprint density at radius 1 is 1.32 bits per heavy atom. The number of hydrogen-bond donors (Lipinski definition) is 0. The van der Waals surface area contributed by atoms with Gasteiger partial charge in [0.15, 0.2) is 29.9 Å². The lowest BCUT2D eigenvalue weighted by molar-refractivity contribution is 0.0473. The average molecular weight is 563 g/mol. The number of amides is 1. The van der Waals surface area contributed by atoms with Gasteiger partial charge in [0, 0.05) is 16.7 Å². The summed E-state index contributed by atoms with van der Waals surface area (Å²) in [5.41, 5.74) is -0.282. The molecule has 4 rings (SSSR count). The molecule has 0 saturated heterocycles. The highest BCUT2D eigenvalue weighted by atomic mass is 32.2. The minimum Gasteiger partial charge on any atom is -0.463 e. The van der Waals surface area contributed by atoms with Gasteiger partial charge in [0.2, 0.25) is 5.88 Å². The summed E-state index contributed by atoms with van der Waals surface area (Å²) in [7, 11) is 0. The van der Waals surface area contributed by atoms with Gasteiger partial charge in [0.05, 0.1) is 18.4 Å². The molecule has 38 heavy (non-hydrogen) atoms. The highest BCUT2D eigenvalue weighted by Crippen LogP contribution is 2.60. The van der Waals surface area contributed by atoms with E-state index in [1.54, 1.807) is 20.8 Å². The summed E-state index contributed by atoms with van der Waals surface area (Å²) < 4.78 is 55.0. The molecule has 1 fully saturated rings. The standard InChI is InChI=1S/C26H25F3N4O3S2/c1-6-9-35-20-13-30-19(12-31-20)18(28)11-15-7-8-17(27)16(10-15)22-21-14(2)23(21)37-24(32-22)33(38-29)25(34)36-26(3,4)5/h1,7-8,10-14,21-23H,9H2,2-5H3/b18-11-. The molecule has 2 aliphatic rings. The van der Waals surface area contributed by atoms with Gasteiger partial charge in [0.25, 0.3) is 0 Å². The molecule has 2 heterocycles. The molecule has 0 N–H and O–H groups in total. The van der Waals surface area contributed by atoms with Crippen LogP contribution in [-0.4, -0.2) is 43.0 Å². The zero-order valence-corrected chi connectivity index (χ0v) is 22.7. The van der Waals surface area contributed by atoms with E-state index in [4.69, 9.17) is 15.9 Å². The molecule has 1 aromatic heterocycles. The molecule has 200 valence electrons. The summed E-state index contributed by atoms with van der Waals surface area (Å²) in [5, 5.41) is 0.113. The van der Waals surface area contributed by atoms with Crippen LogP contribution in [0.2, 0.25) is 0 Å². The fraction of sp³-hybridized carbons (Fsp3) is 0.385. The number of rotatable bonds is 6. The fourth-order valence-corrected chi connectivity index (χ4v) is 5.87. The number of benzene rings is 1. The largest absolute Gasteiger partial charge is 0.463 e. The van der Waals surface area contributed by atoms with Gasteiger partial charge in [-0.05, 0) is 50.5 Å². The van der Waals surface area contributed by atoms with Crippen molar-refractivity contribution in [2.75, 3.05) is 6.61 Å². The Kier molecular flexibility index (Phi) is 8.28. The van der Waals surface area contributed by atoms with Crippen molar-refractivity contribution in [2.45, 2.75) is 44.6 Å². The number of aromatic nitrogens is 2. The monoisotopic (exact) mass is 562 g/mol. The lowest BCUT2D eigenvalue weighted by Crippen LogP contribution is -2.36. The maximum absolute atomic E-state index is 15.0. The lowest BCUT2D eigenvalue weighted by Gasteiger charge is -2.27. The molecule has 1 aliphatic heterocycles. The van der Waals surface area contributed by atoms with Crippen LogP contribution in [0.5, 0.6) is 5.88 Å². The normalized spacial score (nSPS) is 22.6. The van der Waals surface area contributed by atoms with Crippen LogP contribution in [-0.2, 0) is 4.74 Å². The average Bonchev–Trinajstić information content (AvgIpc) is 3.52. The summed E-state index contributed by atoms with van der Waals surface area (Å²) in [6.45, 7) is 7.01. The molecule has 1 amide bonds. The Morgan fingerprint density at radius 3 is 2.71 bits per heavy atom. The number of amidine groups is 1. The number of thioether (sulfide) groups is 1. The van der Waals surface area contributed by atoms with Crippen molar-refractivity contribution in [2.24, 2.45) is 16.8 Å². The minimum absolute atomic E-state index is 0.00852. The van der Waals surface area contributed by atoms with Crippen LogP contribution in [0.1, 0.15) is 50.6 Å². The molecular weight excluding hydrogens is 537 g/mol. The third-order valence-corrected chi connectivity index (χ3v) is 7.92. The maximum atomic E-state index is 15.0. The fourth-order valence-electron chi connectivity index (χ4n) is 4.01.